The third-order valence-corrected chi connectivity index (χ3v) is 2.69. The van der Waals surface area contributed by atoms with Crippen molar-refractivity contribution in [2.24, 2.45) is 0 Å². The van der Waals surface area contributed by atoms with E-state index >= 15 is 0 Å². The summed E-state index contributed by atoms with van der Waals surface area (Å²) in [6.07, 6.45) is 1.42. The second kappa shape index (κ2) is 3.69. The first-order valence-corrected chi connectivity index (χ1v) is 5.22. The van der Waals surface area contributed by atoms with Gasteiger partial charge in [0.05, 0.1) is 0 Å². The van der Waals surface area contributed by atoms with Gasteiger partial charge in [-0.15, -0.1) is 0 Å². The number of anilines is 1. The second-order valence-electron chi connectivity index (χ2n) is 3.28. The van der Waals surface area contributed by atoms with E-state index in [2.05, 4.69) is 15.9 Å². The maximum atomic E-state index is 13.0. The second-order valence-corrected chi connectivity index (χ2v) is 4.19. The van der Waals surface area contributed by atoms with Crippen LogP contribution in [0.25, 0.3) is 0 Å². The lowest BCUT2D eigenvalue weighted by molar-refractivity contribution is -0.117. The highest BCUT2D eigenvalue weighted by Gasteiger charge is 2.22. The summed E-state index contributed by atoms with van der Waals surface area (Å²) >= 11 is 3.20. The Morgan fingerprint density at radius 2 is 2.14 bits per heavy atom. The zero-order valence-electron chi connectivity index (χ0n) is 7.46. The van der Waals surface area contributed by atoms with Crippen molar-refractivity contribution >= 4 is 27.5 Å². The highest BCUT2D eigenvalue weighted by molar-refractivity contribution is 9.10. The van der Waals surface area contributed by atoms with Crippen LogP contribution in [0.15, 0.2) is 22.7 Å². The zero-order valence-corrected chi connectivity index (χ0v) is 9.05. The first-order valence-electron chi connectivity index (χ1n) is 4.43. The molecule has 74 valence electrons. The van der Waals surface area contributed by atoms with Gasteiger partial charge in [0.15, 0.2) is 0 Å². The Balaban J connectivity index is 2.35. The molecular weight excluding hydrogens is 249 g/mol. The van der Waals surface area contributed by atoms with Gasteiger partial charge in [-0.3, -0.25) is 4.79 Å². The number of carbonyl (C=O) groups is 1. The number of rotatable bonds is 1. The van der Waals surface area contributed by atoms with Crippen LogP contribution in [0.2, 0.25) is 0 Å². The molecule has 0 saturated carbocycles. The van der Waals surface area contributed by atoms with Gasteiger partial charge in [-0.2, -0.15) is 0 Å². The standard InChI is InChI=1S/C10H9BrFNO/c11-7-4-8(12)6-9(5-7)13-3-1-2-10(13)14/h4-6H,1-3H2. The summed E-state index contributed by atoms with van der Waals surface area (Å²) in [5, 5.41) is 0. The van der Waals surface area contributed by atoms with Gasteiger partial charge in [-0.1, -0.05) is 15.9 Å². The quantitative estimate of drug-likeness (QED) is 0.758. The van der Waals surface area contributed by atoms with Gasteiger partial charge in [0.2, 0.25) is 5.91 Å². The number of amides is 1. The molecule has 1 amide bonds. The fourth-order valence-corrected chi connectivity index (χ4v) is 2.07. The number of carbonyl (C=O) groups excluding carboxylic acids is 1. The molecule has 1 heterocycles. The van der Waals surface area contributed by atoms with Gasteiger partial charge < -0.3 is 4.90 Å². The summed E-state index contributed by atoms with van der Waals surface area (Å²) in [5.41, 5.74) is 0.638. The molecule has 1 aromatic carbocycles. The number of nitrogens with zero attached hydrogens (tertiary/aromatic N) is 1. The molecule has 2 rings (SSSR count). The van der Waals surface area contributed by atoms with Crippen LogP contribution in [0.4, 0.5) is 10.1 Å². The van der Waals surface area contributed by atoms with Crippen molar-refractivity contribution in [1.29, 1.82) is 0 Å². The Morgan fingerprint density at radius 3 is 2.71 bits per heavy atom. The smallest absolute Gasteiger partial charge is 0.227 e. The molecule has 0 spiro atoms. The molecule has 1 saturated heterocycles. The normalized spacial score (nSPS) is 16.4. The van der Waals surface area contributed by atoms with E-state index in [-0.39, 0.29) is 11.7 Å². The molecule has 0 aromatic heterocycles. The van der Waals surface area contributed by atoms with Gasteiger partial charge in [-0.05, 0) is 24.6 Å². The summed E-state index contributed by atoms with van der Waals surface area (Å²) in [4.78, 5) is 13.0. The first-order chi connectivity index (χ1) is 6.66. The van der Waals surface area contributed by atoms with E-state index in [9.17, 15) is 9.18 Å². The maximum Gasteiger partial charge on any atom is 0.227 e. The average Bonchev–Trinajstić information content (AvgIpc) is 2.49. The SMILES string of the molecule is O=C1CCCN1c1cc(F)cc(Br)c1. The van der Waals surface area contributed by atoms with Crippen LogP contribution in [0.5, 0.6) is 0 Å². The summed E-state index contributed by atoms with van der Waals surface area (Å²) in [6, 6.07) is 4.52. The third kappa shape index (κ3) is 1.80. The predicted molar refractivity (Wildman–Crippen MR) is 55.7 cm³/mol. The van der Waals surface area contributed by atoms with Crippen LogP contribution in [-0.2, 0) is 4.79 Å². The van der Waals surface area contributed by atoms with Crippen molar-refractivity contribution in [1.82, 2.24) is 0 Å². The van der Waals surface area contributed by atoms with Gasteiger partial charge >= 0.3 is 0 Å². The fraction of sp³-hybridized carbons (Fsp3) is 0.300. The highest BCUT2D eigenvalue weighted by atomic mass is 79.9. The zero-order chi connectivity index (χ0) is 10.1. The molecule has 0 atom stereocenters. The predicted octanol–water partition coefficient (Wildman–Crippen LogP) is 2.72. The van der Waals surface area contributed by atoms with Crippen molar-refractivity contribution in [2.45, 2.75) is 12.8 Å². The van der Waals surface area contributed by atoms with Crippen LogP contribution in [0.1, 0.15) is 12.8 Å². The van der Waals surface area contributed by atoms with Crippen LogP contribution in [0.3, 0.4) is 0 Å². The Hall–Kier alpha value is -0.900. The van der Waals surface area contributed by atoms with Crippen molar-refractivity contribution in [2.75, 3.05) is 11.4 Å². The average molecular weight is 258 g/mol. The Morgan fingerprint density at radius 1 is 1.36 bits per heavy atom. The molecule has 1 aliphatic rings. The monoisotopic (exact) mass is 257 g/mol. The van der Waals surface area contributed by atoms with Crippen molar-refractivity contribution in [3.8, 4) is 0 Å². The molecule has 4 heteroatoms. The third-order valence-electron chi connectivity index (χ3n) is 2.23. The highest BCUT2D eigenvalue weighted by Crippen LogP contribution is 2.25. The summed E-state index contributed by atoms with van der Waals surface area (Å²) in [5.74, 6) is -0.253. The molecule has 1 aliphatic heterocycles. The van der Waals surface area contributed by atoms with Crippen LogP contribution < -0.4 is 4.90 Å². The molecule has 0 aliphatic carbocycles. The summed E-state index contributed by atoms with van der Waals surface area (Å²) < 4.78 is 13.7. The molecule has 0 bridgehead atoms. The molecule has 0 unspecified atom stereocenters. The lowest BCUT2D eigenvalue weighted by Crippen LogP contribution is -2.23. The van der Waals surface area contributed by atoms with E-state index < -0.39 is 0 Å². The lowest BCUT2D eigenvalue weighted by atomic mass is 10.3. The number of hydrogen-bond acceptors (Lipinski definition) is 1. The van der Waals surface area contributed by atoms with Crippen molar-refractivity contribution in [3.63, 3.8) is 0 Å². The topological polar surface area (TPSA) is 20.3 Å². The molecule has 0 N–H and O–H groups in total. The van der Waals surface area contributed by atoms with E-state index in [1.807, 2.05) is 0 Å². The molecule has 0 radical (unpaired) electrons. The van der Waals surface area contributed by atoms with E-state index in [0.717, 1.165) is 6.42 Å². The Labute approximate surface area is 89.8 Å². The number of benzene rings is 1. The maximum absolute atomic E-state index is 13.0. The van der Waals surface area contributed by atoms with Gasteiger partial charge in [-0.25, -0.2) is 4.39 Å². The molecule has 14 heavy (non-hydrogen) atoms. The Bertz CT molecular complexity index is 360. The van der Waals surface area contributed by atoms with Crippen LogP contribution >= 0.6 is 15.9 Å². The lowest BCUT2D eigenvalue weighted by Gasteiger charge is -2.15. The first kappa shape index (κ1) is 9.65. The van der Waals surface area contributed by atoms with Gasteiger partial charge in [0.1, 0.15) is 5.82 Å². The largest absolute Gasteiger partial charge is 0.312 e. The minimum absolute atomic E-state index is 0.0718. The summed E-state index contributed by atoms with van der Waals surface area (Å²) in [6.45, 7) is 0.689. The molecule has 1 aromatic rings. The van der Waals surface area contributed by atoms with Crippen molar-refractivity contribution in [3.05, 3.63) is 28.5 Å². The molecular formula is C10H9BrFNO. The van der Waals surface area contributed by atoms with E-state index in [4.69, 9.17) is 0 Å². The van der Waals surface area contributed by atoms with E-state index in [1.54, 1.807) is 11.0 Å². The fourth-order valence-electron chi connectivity index (χ4n) is 1.62. The van der Waals surface area contributed by atoms with Crippen LogP contribution in [-0.4, -0.2) is 12.5 Å². The van der Waals surface area contributed by atoms with E-state index in [1.165, 1.54) is 12.1 Å². The molecule has 1 fully saturated rings. The van der Waals surface area contributed by atoms with Gasteiger partial charge in [0, 0.05) is 23.1 Å². The minimum Gasteiger partial charge on any atom is -0.312 e. The summed E-state index contributed by atoms with van der Waals surface area (Å²) in [7, 11) is 0. The molecule has 2 nitrogen and oxygen atoms in total. The Kier molecular flexibility index (Phi) is 2.54. The number of halogens is 2. The van der Waals surface area contributed by atoms with E-state index in [0.29, 0.717) is 23.1 Å². The number of hydrogen-bond donors (Lipinski definition) is 0. The van der Waals surface area contributed by atoms with Gasteiger partial charge in [0.25, 0.3) is 0 Å². The minimum atomic E-state index is -0.325. The van der Waals surface area contributed by atoms with Crippen molar-refractivity contribution < 1.29 is 9.18 Å². The van der Waals surface area contributed by atoms with Crippen LogP contribution in [0, 0.1) is 5.82 Å².